The second-order valence-electron chi connectivity index (χ2n) is 3.66. The van der Waals surface area contributed by atoms with E-state index in [2.05, 4.69) is 0 Å². The average Bonchev–Trinajstić information content (AvgIpc) is 2.70. The van der Waals surface area contributed by atoms with Crippen LogP contribution in [0.25, 0.3) is 0 Å². The first kappa shape index (κ1) is 10.6. The molecule has 0 aliphatic carbocycles. The number of hydrogen-bond acceptors (Lipinski definition) is 2. The molecule has 2 aromatic rings. The summed E-state index contributed by atoms with van der Waals surface area (Å²) in [5, 5.41) is 0. The predicted molar refractivity (Wildman–Crippen MR) is 57.9 cm³/mol. The van der Waals surface area contributed by atoms with Crippen molar-refractivity contribution in [2.24, 2.45) is 0 Å². The zero-order valence-electron chi connectivity index (χ0n) is 8.87. The highest BCUT2D eigenvalue weighted by Gasteiger charge is 2.06. The zero-order chi connectivity index (χ0) is 11.5. The van der Waals surface area contributed by atoms with E-state index in [1.54, 1.807) is 18.2 Å². The van der Waals surface area contributed by atoms with Crippen molar-refractivity contribution in [2.75, 3.05) is 0 Å². The molecule has 0 fully saturated rings. The van der Waals surface area contributed by atoms with E-state index in [0.717, 1.165) is 5.56 Å². The second kappa shape index (κ2) is 4.31. The molecule has 0 bridgehead atoms. The second-order valence-corrected chi connectivity index (χ2v) is 3.66. The summed E-state index contributed by atoms with van der Waals surface area (Å²) in [6, 6.07) is 7.93. The van der Waals surface area contributed by atoms with Crippen LogP contribution < -0.4 is 0 Å². The molecule has 0 aliphatic heterocycles. The van der Waals surface area contributed by atoms with E-state index in [1.165, 1.54) is 25.3 Å². The first-order valence-corrected chi connectivity index (χ1v) is 4.98. The van der Waals surface area contributed by atoms with E-state index in [0.29, 0.717) is 17.7 Å². The molecule has 0 spiro atoms. The van der Waals surface area contributed by atoms with Crippen molar-refractivity contribution in [1.82, 2.24) is 0 Å². The predicted octanol–water partition coefficient (Wildman–Crippen LogP) is 3.21. The van der Waals surface area contributed by atoms with Crippen molar-refractivity contribution < 1.29 is 13.6 Å². The summed E-state index contributed by atoms with van der Waals surface area (Å²) in [4.78, 5) is 11.0. The quantitative estimate of drug-likeness (QED) is 0.740. The van der Waals surface area contributed by atoms with Crippen LogP contribution in [0, 0.1) is 5.82 Å². The summed E-state index contributed by atoms with van der Waals surface area (Å²) in [5.74, 6) is 0.429. The first-order chi connectivity index (χ1) is 7.65. The first-order valence-electron chi connectivity index (χ1n) is 4.98. The van der Waals surface area contributed by atoms with Crippen LogP contribution in [0.4, 0.5) is 4.39 Å². The average molecular weight is 218 g/mol. The maximum Gasteiger partial charge on any atom is 0.163 e. The van der Waals surface area contributed by atoms with Gasteiger partial charge in [-0.1, -0.05) is 12.1 Å². The van der Waals surface area contributed by atoms with Gasteiger partial charge in [0.15, 0.2) is 5.78 Å². The van der Waals surface area contributed by atoms with Crippen molar-refractivity contribution in [3.05, 3.63) is 59.3 Å². The Balaban J connectivity index is 2.14. The van der Waals surface area contributed by atoms with Gasteiger partial charge in [0.05, 0.1) is 5.56 Å². The third kappa shape index (κ3) is 2.37. The number of ketones is 1. The molecule has 0 unspecified atom stereocenters. The number of furan rings is 1. The third-order valence-corrected chi connectivity index (χ3v) is 2.35. The molecule has 0 amide bonds. The van der Waals surface area contributed by atoms with Crippen LogP contribution in [-0.2, 0) is 6.42 Å². The molecule has 82 valence electrons. The molecule has 1 heterocycles. The highest BCUT2D eigenvalue weighted by molar-refractivity contribution is 5.93. The minimum atomic E-state index is -0.257. The Morgan fingerprint density at radius 1 is 1.31 bits per heavy atom. The van der Waals surface area contributed by atoms with Gasteiger partial charge >= 0.3 is 0 Å². The summed E-state index contributed by atoms with van der Waals surface area (Å²) in [7, 11) is 0. The Bertz CT molecular complexity index is 497. The van der Waals surface area contributed by atoms with Crippen LogP contribution in [0.15, 0.2) is 41.0 Å². The van der Waals surface area contributed by atoms with Crippen LogP contribution in [-0.4, -0.2) is 5.78 Å². The lowest BCUT2D eigenvalue weighted by atomic mass is 10.1. The zero-order valence-corrected chi connectivity index (χ0v) is 8.87. The Morgan fingerprint density at radius 2 is 2.00 bits per heavy atom. The number of carbonyl (C=O) groups is 1. The number of hydrogen-bond donors (Lipinski definition) is 0. The molecular weight excluding hydrogens is 207 g/mol. The highest BCUT2D eigenvalue weighted by atomic mass is 19.1. The smallest absolute Gasteiger partial charge is 0.163 e. The van der Waals surface area contributed by atoms with Gasteiger partial charge < -0.3 is 4.42 Å². The SMILES string of the molecule is CC(=O)c1coc(Cc2ccc(F)cc2)c1. The van der Waals surface area contributed by atoms with Gasteiger partial charge in [0.2, 0.25) is 0 Å². The summed E-state index contributed by atoms with van der Waals surface area (Å²) in [5.41, 5.74) is 1.52. The summed E-state index contributed by atoms with van der Waals surface area (Å²) in [6.45, 7) is 1.49. The molecule has 16 heavy (non-hydrogen) atoms. The molecule has 0 saturated heterocycles. The van der Waals surface area contributed by atoms with E-state index >= 15 is 0 Å². The van der Waals surface area contributed by atoms with Crippen LogP contribution in [0.5, 0.6) is 0 Å². The third-order valence-electron chi connectivity index (χ3n) is 2.35. The van der Waals surface area contributed by atoms with Gasteiger partial charge in [0.25, 0.3) is 0 Å². The molecule has 0 N–H and O–H groups in total. The molecule has 0 radical (unpaired) electrons. The minimum Gasteiger partial charge on any atom is -0.468 e. The van der Waals surface area contributed by atoms with Gasteiger partial charge in [-0.25, -0.2) is 4.39 Å². The fourth-order valence-corrected chi connectivity index (χ4v) is 1.46. The fourth-order valence-electron chi connectivity index (χ4n) is 1.46. The lowest BCUT2D eigenvalue weighted by Gasteiger charge is -1.97. The summed E-state index contributed by atoms with van der Waals surface area (Å²) >= 11 is 0. The normalized spacial score (nSPS) is 10.4. The van der Waals surface area contributed by atoms with Gasteiger partial charge in [0.1, 0.15) is 17.8 Å². The van der Waals surface area contributed by atoms with Crippen molar-refractivity contribution in [2.45, 2.75) is 13.3 Å². The number of rotatable bonds is 3. The summed E-state index contributed by atoms with van der Waals surface area (Å²) in [6.07, 6.45) is 2.01. The van der Waals surface area contributed by atoms with Gasteiger partial charge in [-0.15, -0.1) is 0 Å². The van der Waals surface area contributed by atoms with Crippen LogP contribution in [0.1, 0.15) is 28.6 Å². The lowest BCUT2D eigenvalue weighted by Crippen LogP contribution is -1.88. The fraction of sp³-hybridized carbons (Fsp3) is 0.154. The van der Waals surface area contributed by atoms with E-state index in [4.69, 9.17) is 4.42 Å². The molecule has 0 atom stereocenters. The number of carbonyl (C=O) groups excluding carboxylic acids is 1. The Kier molecular flexibility index (Phi) is 2.86. The largest absolute Gasteiger partial charge is 0.468 e. The molecular formula is C13H11FO2. The van der Waals surface area contributed by atoms with E-state index in [1.807, 2.05) is 0 Å². The molecule has 2 rings (SSSR count). The van der Waals surface area contributed by atoms with Crippen molar-refractivity contribution >= 4 is 5.78 Å². The standard InChI is InChI=1S/C13H11FO2/c1-9(15)11-7-13(16-8-11)6-10-2-4-12(14)5-3-10/h2-5,7-8H,6H2,1H3. The van der Waals surface area contributed by atoms with E-state index in [-0.39, 0.29) is 11.6 Å². The monoisotopic (exact) mass is 218 g/mol. The topological polar surface area (TPSA) is 30.2 Å². The molecule has 1 aromatic heterocycles. The molecule has 3 heteroatoms. The summed E-state index contributed by atoms with van der Waals surface area (Å²) < 4.78 is 17.9. The van der Waals surface area contributed by atoms with Gasteiger partial charge in [-0.3, -0.25) is 4.79 Å². The number of benzene rings is 1. The molecule has 1 aromatic carbocycles. The van der Waals surface area contributed by atoms with Crippen LogP contribution in [0.2, 0.25) is 0 Å². The lowest BCUT2D eigenvalue weighted by molar-refractivity contribution is 0.101. The highest BCUT2D eigenvalue weighted by Crippen LogP contribution is 2.14. The van der Waals surface area contributed by atoms with Gasteiger partial charge in [0, 0.05) is 6.42 Å². The molecule has 2 nitrogen and oxygen atoms in total. The Morgan fingerprint density at radius 3 is 2.56 bits per heavy atom. The minimum absolute atomic E-state index is 0.0193. The van der Waals surface area contributed by atoms with Crippen molar-refractivity contribution in [3.8, 4) is 0 Å². The molecule has 0 saturated carbocycles. The Hall–Kier alpha value is -1.90. The van der Waals surface area contributed by atoms with Crippen LogP contribution >= 0.6 is 0 Å². The Labute approximate surface area is 92.7 Å². The van der Waals surface area contributed by atoms with Crippen LogP contribution in [0.3, 0.4) is 0 Å². The van der Waals surface area contributed by atoms with Crippen molar-refractivity contribution in [3.63, 3.8) is 0 Å². The van der Waals surface area contributed by atoms with Gasteiger partial charge in [-0.2, -0.15) is 0 Å². The van der Waals surface area contributed by atoms with Gasteiger partial charge in [-0.05, 0) is 30.7 Å². The number of halogens is 1. The van der Waals surface area contributed by atoms with E-state index in [9.17, 15) is 9.18 Å². The molecule has 0 aliphatic rings. The number of Topliss-reactive ketones (excluding diaryl/α,β-unsaturated/α-hetero) is 1. The maximum atomic E-state index is 12.7. The van der Waals surface area contributed by atoms with E-state index < -0.39 is 0 Å². The maximum absolute atomic E-state index is 12.7. The van der Waals surface area contributed by atoms with Crippen molar-refractivity contribution in [1.29, 1.82) is 0 Å².